The molecule has 6 aromatic rings. The number of benzene rings is 2. The van der Waals surface area contributed by atoms with Gasteiger partial charge in [0.2, 0.25) is 15.9 Å². The van der Waals surface area contributed by atoms with Crippen molar-refractivity contribution in [2.24, 2.45) is 5.41 Å². The molecule has 0 atom stereocenters. The summed E-state index contributed by atoms with van der Waals surface area (Å²) < 4.78 is 40.2. The number of fused-ring (bicyclic) bond motifs is 2. The van der Waals surface area contributed by atoms with E-state index in [1.165, 1.54) is 12.1 Å². The highest BCUT2D eigenvalue weighted by Crippen LogP contribution is 2.35. The SMILES string of the molecule is CC(C)(C)C(=O)Nc1cncc(-c2cc3c(-c4cc5c(-c6cc(F)cc(CNS(C)(=O)=O)c6)cccc5[nH]4)n[nH]c3cn2)c1. The Kier molecular flexibility index (Phi) is 7.26. The molecular formula is C32H30FN7O3S. The maximum absolute atomic E-state index is 14.6. The second-order valence-corrected chi connectivity index (χ2v) is 13.6. The molecule has 0 spiro atoms. The Morgan fingerprint density at radius 2 is 1.77 bits per heavy atom. The zero-order valence-corrected chi connectivity index (χ0v) is 25.3. The molecule has 0 fully saturated rings. The van der Waals surface area contributed by atoms with Gasteiger partial charge in [0.1, 0.15) is 11.5 Å². The van der Waals surface area contributed by atoms with Crippen molar-refractivity contribution in [2.75, 3.05) is 11.6 Å². The number of hydrogen-bond donors (Lipinski definition) is 4. The van der Waals surface area contributed by atoms with E-state index in [0.29, 0.717) is 28.2 Å². The number of H-pyrrole nitrogens is 2. The van der Waals surface area contributed by atoms with Crippen LogP contribution in [0.1, 0.15) is 26.3 Å². The lowest BCUT2D eigenvalue weighted by atomic mass is 9.95. The van der Waals surface area contributed by atoms with Crippen molar-refractivity contribution in [2.45, 2.75) is 27.3 Å². The van der Waals surface area contributed by atoms with Gasteiger partial charge in [-0.15, -0.1) is 0 Å². The van der Waals surface area contributed by atoms with Crippen molar-refractivity contribution in [1.29, 1.82) is 0 Å². The summed E-state index contributed by atoms with van der Waals surface area (Å²) in [4.78, 5) is 24.8. The lowest BCUT2D eigenvalue weighted by Gasteiger charge is -2.17. The number of sulfonamides is 1. The van der Waals surface area contributed by atoms with Crippen LogP contribution in [-0.2, 0) is 21.4 Å². The van der Waals surface area contributed by atoms with Crippen LogP contribution in [0, 0.1) is 11.2 Å². The molecule has 10 nitrogen and oxygen atoms in total. The Hall–Kier alpha value is -4.94. The normalized spacial score (nSPS) is 12.2. The van der Waals surface area contributed by atoms with Gasteiger partial charge in [0, 0.05) is 40.0 Å². The average Bonchev–Trinajstić information content (AvgIpc) is 3.59. The quantitative estimate of drug-likeness (QED) is 0.174. The molecule has 0 radical (unpaired) electrons. The summed E-state index contributed by atoms with van der Waals surface area (Å²) in [6, 6.07) is 15.9. The molecule has 4 N–H and O–H groups in total. The number of aromatic nitrogens is 5. The van der Waals surface area contributed by atoms with E-state index in [-0.39, 0.29) is 12.5 Å². The number of halogens is 1. The maximum atomic E-state index is 14.6. The molecule has 4 aromatic heterocycles. The topological polar surface area (TPSA) is 146 Å². The van der Waals surface area contributed by atoms with Crippen LogP contribution in [0.4, 0.5) is 10.1 Å². The molecule has 0 saturated heterocycles. The second kappa shape index (κ2) is 11.0. The molecule has 2 aromatic carbocycles. The fourth-order valence-corrected chi connectivity index (χ4v) is 5.33. The van der Waals surface area contributed by atoms with Crippen LogP contribution in [-0.4, -0.2) is 45.7 Å². The van der Waals surface area contributed by atoms with Gasteiger partial charge in [-0.25, -0.2) is 17.5 Å². The van der Waals surface area contributed by atoms with E-state index >= 15 is 0 Å². The molecule has 4 heterocycles. The van der Waals surface area contributed by atoms with Crippen LogP contribution in [0.15, 0.2) is 73.2 Å². The molecule has 6 rings (SSSR count). The van der Waals surface area contributed by atoms with Gasteiger partial charge in [0.05, 0.1) is 41.2 Å². The molecule has 0 aliphatic heterocycles. The first-order valence-electron chi connectivity index (χ1n) is 13.8. The van der Waals surface area contributed by atoms with E-state index in [1.807, 2.05) is 57.2 Å². The van der Waals surface area contributed by atoms with Gasteiger partial charge in [0.15, 0.2) is 0 Å². The number of aromatic amines is 2. The fourth-order valence-electron chi connectivity index (χ4n) is 4.90. The van der Waals surface area contributed by atoms with Crippen LogP contribution >= 0.6 is 0 Å². The van der Waals surface area contributed by atoms with Crippen LogP contribution < -0.4 is 10.0 Å². The van der Waals surface area contributed by atoms with E-state index in [1.54, 1.807) is 24.7 Å². The fraction of sp³-hybridized carbons (Fsp3) is 0.188. The third-order valence-electron chi connectivity index (χ3n) is 7.15. The third-order valence-corrected chi connectivity index (χ3v) is 7.82. The van der Waals surface area contributed by atoms with Crippen molar-refractivity contribution in [1.82, 2.24) is 29.9 Å². The minimum Gasteiger partial charge on any atom is -0.353 e. The average molecular weight is 612 g/mol. The minimum absolute atomic E-state index is 0.0189. The Bertz CT molecular complexity index is 2160. The van der Waals surface area contributed by atoms with Crippen molar-refractivity contribution in [3.8, 4) is 33.8 Å². The van der Waals surface area contributed by atoms with Gasteiger partial charge < -0.3 is 10.3 Å². The Morgan fingerprint density at radius 3 is 2.55 bits per heavy atom. The smallest absolute Gasteiger partial charge is 0.229 e. The van der Waals surface area contributed by atoms with E-state index < -0.39 is 21.3 Å². The first-order chi connectivity index (χ1) is 20.8. The molecule has 44 heavy (non-hydrogen) atoms. The maximum Gasteiger partial charge on any atom is 0.229 e. The zero-order chi connectivity index (χ0) is 31.2. The summed E-state index contributed by atoms with van der Waals surface area (Å²) in [5, 5.41) is 12.2. The van der Waals surface area contributed by atoms with Crippen molar-refractivity contribution in [3.63, 3.8) is 0 Å². The van der Waals surface area contributed by atoms with Crippen molar-refractivity contribution in [3.05, 3.63) is 84.6 Å². The first-order valence-corrected chi connectivity index (χ1v) is 15.7. The summed E-state index contributed by atoms with van der Waals surface area (Å²) in [6.45, 7) is 5.52. The molecule has 0 aliphatic carbocycles. The number of nitrogens with one attached hydrogen (secondary N) is 4. The van der Waals surface area contributed by atoms with Gasteiger partial charge in [-0.3, -0.25) is 19.9 Å². The predicted octanol–water partition coefficient (Wildman–Crippen LogP) is 6.01. The molecule has 0 bridgehead atoms. The molecule has 0 aliphatic rings. The van der Waals surface area contributed by atoms with Gasteiger partial charge in [-0.1, -0.05) is 32.9 Å². The van der Waals surface area contributed by atoms with Gasteiger partial charge in [0.25, 0.3) is 0 Å². The number of nitrogens with zero attached hydrogens (tertiary/aromatic N) is 3. The largest absolute Gasteiger partial charge is 0.353 e. The number of rotatable bonds is 7. The highest BCUT2D eigenvalue weighted by molar-refractivity contribution is 7.88. The Labute approximate surface area is 253 Å². The highest BCUT2D eigenvalue weighted by atomic mass is 32.2. The third kappa shape index (κ3) is 6.08. The van der Waals surface area contributed by atoms with Crippen LogP contribution in [0.3, 0.4) is 0 Å². The van der Waals surface area contributed by atoms with E-state index in [0.717, 1.165) is 44.9 Å². The number of anilines is 1. The van der Waals surface area contributed by atoms with Crippen LogP contribution in [0.25, 0.3) is 55.6 Å². The molecule has 1 amide bonds. The summed E-state index contributed by atoms with van der Waals surface area (Å²) >= 11 is 0. The monoisotopic (exact) mass is 611 g/mol. The van der Waals surface area contributed by atoms with Gasteiger partial charge in [-0.05, 0) is 59.2 Å². The van der Waals surface area contributed by atoms with Crippen molar-refractivity contribution >= 4 is 43.4 Å². The van der Waals surface area contributed by atoms with Gasteiger partial charge >= 0.3 is 0 Å². The first kappa shape index (κ1) is 29.1. The predicted molar refractivity (Wildman–Crippen MR) is 170 cm³/mol. The van der Waals surface area contributed by atoms with E-state index in [2.05, 4.69) is 35.2 Å². The number of amides is 1. The zero-order valence-electron chi connectivity index (χ0n) is 24.5. The Balaban J connectivity index is 1.37. The summed E-state index contributed by atoms with van der Waals surface area (Å²) in [5.74, 6) is -0.578. The number of hydrogen-bond acceptors (Lipinski definition) is 6. The standard InChI is InChI=1S/C32H30FN7O3S/c1-32(2,3)31(41)37-22-11-20(15-34-16-22)27-13-25-29(17-35-27)39-40-30(25)28-12-24-23(6-5-7-26(24)38-28)19-8-18(9-21(33)10-19)14-36-44(4,42)43/h5-13,15-17,36,38H,14H2,1-4H3,(H,37,41)(H,39,40). The van der Waals surface area contributed by atoms with E-state index in [9.17, 15) is 17.6 Å². The van der Waals surface area contributed by atoms with E-state index in [4.69, 9.17) is 0 Å². The lowest BCUT2D eigenvalue weighted by Crippen LogP contribution is -2.27. The molecule has 12 heteroatoms. The number of carbonyl (C=O) groups excluding carboxylic acids is 1. The lowest BCUT2D eigenvalue weighted by molar-refractivity contribution is -0.123. The van der Waals surface area contributed by atoms with Crippen LogP contribution in [0.5, 0.6) is 0 Å². The number of pyridine rings is 2. The summed E-state index contributed by atoms with van der Waals surface area (Å²) in [5.41, 5.74) is 6.32. The molecular weight excluding hydrogens is 581 g/mol. The van der Waals surface area contributed by atoms with Crippen LogP contribution in [0.2, 0.25) is 0 Å². The summed E-state index contributed by atoms with van der Waals surface area (Å²) in [7, 11) is -3.43. The molecule has 0 unspecified atom stereocenters. The summed E-state index contributed by atoms with van der Waals surface area (Å²) in [6.07, 6.45) is 6.05. The second-order valence-electron chi connectivity index (χ2n) is 11.7. The van der Waals surface area contributed by atoms with Crippen molar-refractivity contribution < 1.29 is 17.6 Å². The molecule has 0 saturated carbocycles. The van der Waals surface area contributed by atoms with Gasteiger partial charge in [-0.2, -0.15) is 5.10 Å². The minimum atomic E-state index is -3.43. The Morgan fingerprint density at radius 1 is 0.955 bits per heavy atom. The molecule has 224 valence electrons. The number of carbonyl (C=O) groups is 1. The highest BCUT2D eigenvalue weighted by Gasteiger charge is 2.22.